The van der Waals surface area contributed by atoms with Crippen molar-refractivity contribution in [3.05, 3.63) is 58.0 Å². The van der Waals surface area contributed by atoms with Crippen molar-refractivity contribution in [2.24, 2.45) is 5.41 Å². The zero-order chi connectivity index (χ0) is 18.9. The van der Waals surface area contributed by atoms with E-state index in [1.54, 1.807) is 12.1 Å². The van der Waals surface area contributed by atoms with E-state index >= 15 is 0 Å². The summed E-state index contributed by atoms with van der Waals surface area (Å²) < 4.78 is 19.6. The summed E-state index contributed by atoms with van der Waals surface area (Å²) in [6, 6.07) is 9.94. The standard InChI is InChI=1S/C21H23FNO3S.ClH/c22-17-4-1-3-16(13-17)15-26-20(25)21-6-9-23(10-7-21,11-8-21)14-18(24)19-5-2-12-27-19;/h1-5,12-13H,6-11,14-15H2;1H/q+1;/p-1. The number of fused-ring (bicyclic) bond motifs is 3. The van der Waals surface area contributed by atoms with Crippen LogP contribution in [0.15, 0.2) is 41.8 Å². The fourth-order valence-electron chi connectivity index (χ4n) is 4.36. The van der Waals surface area contributed by atoms with Crippen molar-refractivity contribution in [3.8, 4) is 0 Å². The molecule has 3 aliphatic rings. The number of carbonyl (C=O) groups excluding carboxylic acids is 2. The molecule has 2 aromatic rings. The van der Waals surface area contributed by atoms with Crippen molar-refractivity contribution in [2.75, 3.05) is 26.2 Å². The summed E-state index contributed by atoms with van der Waals surface area (Å²) >= 11 is 1.49. The van der Waals surface area contributed by atoms with Gasteiger partial charge in [0.25, 0.3) is 0 Å². The molecule has 0 aliphatic carbocycles. The molecule has 0 spiro atoms. The average Bonchev–Trinajstić information content (AvgIpc) is 3.22. The van der Waals surface area contributed by atoms with Gasteiger partial charge in [-0.25, -0.2) is 4.39 Å². The predicted octanol–water partition coefficient (Wildman–Crippen LogP) is 0.818. The molecule has 3 saturated heterocycles. The maximum Gasteiger partial charge on any atom is 0.313 e. The fourth-order valence-corrected chi connectivity index (χ4v) is 5.01. The summed E-state index contributed by atoms with van der Waals surface area (Å²) in [5.41, 5.74) is 0.234. The van der Waals surface area contributed by atoms with Crippen LogP contribution in [0.5, 0.6) is 0 Å². The van der Waals surface area contributed by atoms with Crippen LogP contribution in [0.4, 0.5) is 4.39 Å². The summed E-state index contributed by atoms with van der Waals surface area (Å²) in [6.45, 7) is 3.15. The number of carbonyl (C=O) groups is 2. The number of benzene rings is 1. The average molecular weight is 424 g/mol. The summed E-state index contributed by atoms with van der Waals surface area (Å²) in [5, 5.41) is 1.93. The normalized spacial score (nSPS) is 25.8. The molecule has 7 heteroatoms. The molecule has 0 amide bonds. The van der Waals surface area contributed by atoms with Crippen molar-refractivity contribution < 1.29 is 35.6 Å². The zero-order valence-electron chi connectivity index (χ0n) is 15.5. The van der Waals surface area contributed by atoms with E-state index in [1.807, 2.05) is 17.5 Å². The molecule has 1 aromatic heterocycles. The SMILES string of the molecule is O=C(C[N+]12CCC(C(=O)OCc3cccc(F)c3)(CC1)CC2)c1cccs1.[Cl-]. The first-order valence-electron chi connectivity index (χ1n) is 9.34. The van der Waals surface area contributed by atoms with E-state index < -0.39 is 5.41 Å². The van der Waals surface area contributed by atoms with E-state index in [0.717, 1.165) is 48.3 Å². The number of piperidine rings is 3. The highest BCUT2D eigenvalue weighted by Crippen LogP contribution is 2.45. The molecule has 4 nitrogen and oxygen atoms in total. The van der Waals surface area contributed by atoms with E-state index in [1.165, 1.54) is 23.5 Å². The number of ketones is 1. The number of halogens is 2. The quantitative estimate of drug-likeness (QED) is 0.392. The molecular weight excluding hydrogens is 401 g/mol. The molecule has 1 aromatic carbocycles. The number of nitrogens with zero attached hydrogens (tertiary/aromatic N) is 1. The van der Waals surface area contributed by atoms with Gasteiger partial charge < -0.3 is 21.6 Å². The Morgan fingerprint density at radius 2 is 1.82 bits per heavy atom. The Morgan fingerprint density at radius 1 is 1.11 bits per heavy atom. The number of rotatable bonds is 6. The first-order valence-corrected chi connectivity index (χ1v) is 10.2. The third-order valence-corrected chi connectivity index (χ3v) is 7.07. The van der Waals surface area contributed by atoms with Crippen LogP contribution < -0.4 is 12.4 Å². The van der Waals surface area contributed by atoms with Crippen molar-refractivity contribution in [3.63, 3.8) is 0 Å². The van der Waals surface area contributed by atoms with Gasteiger partial charge in [-0.1, -0.05) is 18.2 Å². The van der Waals surface area contributed by atoms with Gasteiger partial charge in [-0.15, -0.1) is 11.3 Å². The van der Waals surface area contributed by atoms with Gasteiger partial charge in [0.05, 0.1) is 29.9 Å². The summed E-state index contributed by atoms with van der Waals surface area (Å²) in [7, 11) is 0. The summed E-state index contributed by atoms with van der Waals surface area (Å²) in [5.74, 6) is -0.295. The van der Waals surface area contributed by atoms with Gasteiger partial charge in [0.15, 0.2) is 0 Å². The van der Waals surface area contributed by atoms with Crippen molar-refractivity contribution in [2.45, 2.75) is 25.9 Å². The van der Waals surface area contributed by atoms with Crippen molar-refractivity contribution >= 4 is 23.1 Å². The second-order valence-corrected chi connectivity index (χ2v) is 8.76. The topological polar surface area (TPSA) is 43.4 Å². The van der Waals surface area contributed by atoms with Crippen molar-refractivity contribution in [1.82, 2.24) is 0 Å². The number of quaternary nitrogens is 1. The molecule has 0 saturated carbocycles. The van der Waals surface area contributed by atoms with E-state index in [4.69, 9.17) is 4.74 Å². The Balaban J connectivity index is 0.00000225. The highest BCUT2D eigenvalue weighted by atomic mass is 35.5. The molecule has 5 rings (SSSR count). The predicted molar refractivity (Wildman–Crippen MR) is 101 cm³/mol. The largest absolute Gasteiger partial charge is 1.00 e. The molecule has 28 heavy (non-hydrogen) atoms. The number of hydrogen-bond donors (Lipinski definition) is 0. The number of esters is 1. The van der Waals surface area contributed by atoms with E-state index in [0.29, 0.717) is 12.1 Å². The molecule has 4 heterocycles. The van der Waals surface area contributed by atoms with Crippen LogP contribution in [0.25, 0.3) is 0 Å². The molecule has 0 atom stereocenters. The van der Waals surface area contributed by atoms with Gasteiger partial charge in [-0.3, -0.25) is 9.59 Å². The Bertz CT molecular complexity index is 831. The van der Waals surface area contributed by atoms with E-state index in [-0.39, 0.29) is 36.6 Å². The molecular formula is C21H23ClFNO3S. The smallest absolute Gasteiger partial charge is 0.313 e. The third-order valence-electron chi connectivity index (χ3n) is 6.16. The maximum atomic E-state index is 13.3. The van der Waals surface area contributed by atoms with Crippen LogP contribution >= 0.6 is 11.3 Å². The Morgan fingerprint density at radius 3 is 2.43 bits per heavy atom. The number of hydrogen-bond acceptors (Lipinski definition) is 4. The van der Waals surface area contributed by atoms with Gasteiger partial charge >= 0.3 is 5.97 Å². The number of ether oxygens (including phenoxy) is 1. The minimum Gasteiger partial charge on any atom is -1.00 e. The highest BCUT2D eigenvalue weighted by molar-refractivity contribution is 7.12. The summed E-state index contributed by atoms with van der Waals surface area (Å²) in [4.78, 5) is 26.1. The number of thiophene rings is 1. The van der Waals surface area contributed by atoms with E-state index in [9.17, 15) is 14.0 Å². The lowest BCUT2D eigenvalue weighted by Gasteiger charge is -2.53. The van der Waals surface area contributed by atoms with Crippen LogP contribution in [-0.2, 0) is 16.1 Å². The van der Waals surface area contributed by atoms with Gasteiger partial charge in [-0.2, -0.15) is 0 Å². The van der Waals surface area contributed by atoms with Crippen LogP contribution in [0, 0.1) is 11.2 Å². The lowest BCUT2D eigenvalue weighted by Crippen LogP contribution is -3.00. The highest BCUT2D eigenvalue weighted by Gasteiger charge is 2.54. The minimum absolute atomic E-state index is 0. The second-order valence-electron chi connectivity index (χ2n) is 7.81. The zero-order valence-corrected chi connectivity index (χ0v) is 17.1. The number of Topliss-reactive ketones (excluding diaryl/α,β-unsaturated/α-hetero) is 1. The van der Waals surface area contributed by atoms with E-state index in [2.05, 4.69) is 0 Å². The summed E-state index contributed by atoms with van der Waals surface area (Å²) in [6.07, 6.45) is 2.27. The molecule has 0 radical (unpaired) electrons. The lowest BCUT2D eigenvalue weighted by molar-refractivity contribution is -0.936. The second kappa shape index (κ2) is 8.31. The van der Waals surface area contributed by atoms with Crippen LogP contribution in [-0.4, -0.2) is 42.4 Å². The first kappa shape index (κ1) is 21.0. The monoisotopic (exact) mass is 423 g/mol. The van der Waals surface area contributed by atoms with Gasteiger partial charge in [-0.05, 0) is 29.1 Å². The molecule has 0 unspecified atom stereocenters. The van der Waals surface area contributed by atoms with Gasteiger partial charge in [0, 0.05) is 19.3 Å². The fraction of sp³-hybridized carbons (Fsp3) is 0.429. The molecule has 2 bridgehead atoms. The third kappa shape index (κ3) is 4.14. The Labute approximate surface area is 174 Å². The molecule has 150 valence electrons. The maximum absolute atomic E-state index is 13.3. The lowest BCUT2D eigenvalue weighted by atomic mass is 9.70. The molecule has 3 fully saturated rings. The molecule has 0 N–H and O–H groups in total. The van der Waals surface area contributed by atoms with Crippen molar-refractivity contribution in [1.29, 1.82) is 0 Å². The van der Waals surface area contributed by atoms with Gasteiger partial charge in [0.1, 0.15) is 19.0 Å². The van der Waals surface area contributed by atoms with Crippen LogP contribution in [0.2, 0.25) is 0 Å². The Hall–Kier alpha value is -1.76. The van der Waals surface area contributed by atoms with Crippen LogP contribution in [0.1, 0.15) is 34.5 Å². The molecule has 3 aliphatic heterocycles. The Kier molecular flexibility index (Phi) is 6.22. The van der Waals surface area contributed by atoms with Crippen LogP contribution in [0.3, 0.4) is 0 Å². The van der Waals surface area contributed by atoms with Gasteiger partial charge in [0.2, 0.25) is 5.78 Å². The first-order chi connectivity index (χ1) is 13.0. The minimum atomic E-state index is -0.431.